The van der Waals surface area contributed by atoms with Crippen molar-refractivity contribution in [2.45, 2.75) is 97.1 Å². The lowest BCUT2D eigenvalue weighted by Crippen LogP contribution is -2.18. The number of benzene rings is 3. The van der Waals surface area contributed by atoms with E-state index in [4.69, 9.17) is 20.6 Å². The van der Waals surface area contributed by atoms with Gasteiger partial charge in [0.05, 0.1) is 33.5 Å². The van der Waals surface area contributed by atoms with Crippen LogP contribution in [0.2, 0.25) is 0 Å². The molecule has 0 aliphatic heterocycles. The lowest BCUT2D eigenvalue weighted by Gasteiger charge is -2.17. The maximum atomic E-state index is 13.7. The van der Waals surface area contributed by atoms with Gasteiger partial charge >= 0.3 is 0 Å². The standard InChI is InChI=1S/C37H47N7O3S2/c1-8-11-21-39-36-43(24-26-15-13-12-14-16-26)30-23-31(47-27(9-2)10-3)29(22-32(30)48-36)40-41-33-34(37(5,6)7)42-44(35(33)38)49(45,46)28-19-17-25(4)18-20-28/h12-20,22-23,27H,8-11,21,24,38H2,1-7H3. The van der Waals surface area contributed by atoms with Crippen LogP contribution in [0.15, 0.2) is 86.8 Å². The van der Waals surface area contributed by atoms with Gasteiger partial charge in [-0.1, -0.05) is 107 Å². The smallest absolute Gasteiger partial charge is 0.284 e. The van der Waals surface area contributed by atoms with Crippen molar-refractivity contribution in [2.75, 3.05) is 12.3 Å². The van der Waals surface area contributed by atoms with E-state index in [-0.39, 0.29) is 22.5 Å². The Labute approximate surface area is 293 Å². The number of hydrogen-bond donors (Lipinski definition) is 1. The molecule has 0 saturated carbocycles. The zero-order valence-electron chi connectivity index (χ0n) is 29.5. The molecular weight excluding hydrogens is 655 g/mol. The molecule has 2 N–H and O–H groups in total. The van der Waals surface area contributed by atoms with Gasteiger partial charge in [-0.15, -0.1) is 14.3 Å². The third-order valence-corrected chi connectivity index (χ3v) is 11.0. The number of hydrogen-bond acceptors (Lipinski definition) is 9. The Morgan fingerprint density at radius 2 is 1.67 bits per heavy atom. The molecule has 5 rings (SSSR count). The summed E-state index contributed by atoms with van der Waals surface area (Å²) < 4.78 is 38.1. The molecule has 2 heterocycles. The van der Waals surface area contributed by atoms with Crippen molar-refractivity contribution in [3.05, 3.63) is 88.4 Å². The Kier molecular flexibility index (Phi) is 11.1. The number of nitrogens with two attached hydrogens (primary N) is 1. The minimum absolute atomic E-state index is 0.0288. The van der Waals surface area contributed by atoms with E-state index in [2.05, 4.69) is 47.7 Å². The third kappa shape index (κ3) is 7.96. The van der Waals surface area contributed by atoms with Gasteiger partial charge < -0.3 is 15.0 Å². The minimum Gasteiger partial charge on any atom is -0.488 e. The summed E-state index contributed by atoms with van der Waals surface area (Å²) in [6, 6.07) is 20.9. The average molecular weight is 702 g/mol. The number of nitrogens with zero attached hydrogens (tertiary/aromatic N) is 6. The highest BCUT2D eigenvalue weighted by Gasteiger charge is 2.31. The molecule has 12 heteroatoms. The van der Waals surface area contributed by atoms with Gasteiger partial charge in [0.2, 0.25) is 0 Å². The van der Waals surface area contributed by atoms with Gasteiger partial charge in [-0.2, -0.15) is 13.5 Å². The van der Waals surface area contributed by atoms with Gasteiger partial charge in [0.25, 0.3) is 10.0 Å². The molecule has 49 heavy (non-hydrogen) atoms. The Balaban J connectivity index is 1.67. The number of ether oxygens (including phenoxy) is 1. The average Bonchev–Trinajstić information content (AvgIpc) is 3.59. The third-order valence-electron chi connectivity index (χ3n) is 8.29. The molecule has 0 saturated heterocycles. The summed E-state index contributed by atoms with van der Waals surface area (Å²) in [5.74, 6) is 0.479. The fraction of sp³-hybridized carbons (Fsp3) is 0.405. The maximum absolute atomic E-state index is 13.7. The van der Waals surface area contributed by atoms with E-state index in [1.807, 2.05) is 58.0 Å². The number of thiazole rings is 1. The molecule has 0 bridgehead atoms. The molecule has 0 radical (unpaired) electrons. The van der Waals surface area contributed by atoms with E-state index in [9.17, 15) is 8.42 Å². The second-order valence-corrected chi connectivity index (χ2v) is 16.0. The van der Waals surface area contributed by atoms with Crippen molar-refractivity contribution in [3.8, 4) is 5.75 Å². The van der Waals surface area contributed by atoms with Crippen molar-refractivity contribution in [3.63, 3.8) is 0 Å². The van der Waals surface area contributed by atoms with Gasteiger partial charge in [-0.3, -0.25) is 4.99 Å². The summed E-state index contributed by atoms with van der Waals surface area (Å²) in [4.78, 5) is 6.00. The first kappa shape index (κ1) is 36.0. The maximum Gasteiger partial charge on any atom is 0.284 e. The summed E-state index contributed by atoms with van der Waals surface area (Å²) in [7, 11) is -4.09. The summed E-state index contributed by atoms with van der Waals surface area (Å²) in [5.41, 5.74) is 10.2. The van der Waals surface area contributed by atoms with Crippen LogP contribution < -0.4 is 15.3 Å². The number of fused-ring (bicyclic) bond motifs is 1. The van der Waals surface area contributed by atoms with Crippen LogP contribution in [-0.4, -0.2) is 34.8 Å². The van der Waals surface area contributed by atoms with Crippen molar-refractivity contribution >= 4 is 48.8 Å². The molecule has 10 nitrogen and oxygen atoms in total. The molecule has 0 atom stereocenters. The topological polar surface area (TPSA) is 129 Å². The van der Waals surface area contributed by atoms with Crippen LogP contribution in [0.3, 0.4) is 0 Å². The first-order valence-corrected chi connectivity index (χ1v) is 19.1. The van der Waals surface area contributed by atoms with Crippen molar-refractivity contribution in [2.24, 2.45) is 15.2 Å². The van der Waals surface area contributed by atoms with Crippen molar-refractivity contribution in [1.29, 1.82) is 0 Å². The molecule has 260 valence electrons. The largest absolute Gasteiger partial charge is 0.488 e. The van der Waals surface area contributed by atoms with Crippen LogP contribution in [0.4, 0.5) is 17.2 Å². The first-order chi connectivity index (χ1) is 23.4. The number of aryl methyl sites for hydroxylation is 1. The monoisotopic (exact) mass is 701 g/mol. The molecular formula is C37H47N7O3S2. The zero-order chi connectivity index (χ0) is 35.3. The number of anilines is 1. The SMILES string of the molecule is CCCCN=c1sc2cc(N=Nc3c(C(C)(C)C)nn(S(=O)(=O)c4ccc(C)cc4)c3N)c(OC(CC)CC)cc2n1Cc1ccccc1. The molecule has 0 fully saturated rings. The molecule has 0 aliphatic carbocycles. The lowest BCUT2D eigenvalue weighted by molar-refractivity contribution is 0.194. The van der Waals surface area contributed by atoms with Crippen molar-refractivity contribution < 1.29 is 13.2 Å². The molecule has 0 spiro atoms. The number of nitrogen functional groups attached to an aromatic ring is 1. The van der Waals surface area contributed by atoms with Crippen LogP contribution in [0.1, 0.15) is 84.0 Å². The Hall–Kier alpha value is -4.29. The highest BCUT2D eigenvalue weighted by atomic mass is 32.2. The zero-order valence-corrected chi connectivity index (χ0v) is 31.1. The van der Waals surface area contributed by atoms with Crippen LogP contribution >= 0.6 is 11.3 Å². The highest BCUT2D eigenvalue weighted by molar-refractivity contribution is 7.90. The van der Waals surface area contributed by atoms with Crippen LogP contribution in [0.5, 0.6) is 5.75 Å². The fourth-order valence-electron chi connectivity index (χ4n) is 5.37. The molecule has 3 aromatic carbocycles. The number of aromatic nitrogens is 3. The number of unbranched alkanes of at least 4 members (excludes halogenated alkanes) is 1. The highest BCUT2D eigenvalue weighted by Crippen LogP contribution is 2.41. The number of rotatable bonds is 13. The van der Waals surface area contributed by atoms with Crippen molar-refractivity contribution in [1.82, 2.24) is 13.8 Å². The van der Waals surface area contributed by atoms with Crippen LogP contribution in [-0.2, 0) is 22.0 Å². The van der Waals surface area contributed by atoms with Gasteiger partial charge in [0.15, 0.2) is 16.3 Å². The van der Waals surface area contributed by atoms with E-state index >= 15 is 0 Å². The quantitative estimate of drug-likeness (QED) is 0.0967. The Morgan fingerprint density at radius 1 is 0.980 bits per heavy atom. The molecule has 0 unspecified atom stereocenters. The molecule has 0 aliphatic rings. The van der Waals surface area contributed by atoms with E-state index in [0.29, 0.717) is 23.7 Å². The van der Waals surface area contributed by atoms with Gasteiger partial charge in [-0.05, 0) is 49.9 Å². The minimum atomic E-state index is -4.09. The van der Waals surface area contributed by atoms with E-state index < -0.39 is 15.4 Å². The predicted molar refractivity (Wildman–Crippen MR) is 199 cm³/mol. The van der Waals surface area contributed by atoms with Crippen LogP contribution in [0, 0.1) is 6.92 Å². The predicted octanol–water partition coefficient (Wildman–Crippen LogP) is 9.06. The van der Waals surface area contributed by atoms with E-state index in [1.54, 1.807) is 35.6 Å². The second kappa shape index (κ2) is 15.1. The lowest BCUT2D eigenvalue weighted by atomic mass is 9.91. The summed E-state index contributed by atoms with van der Waals surface area (Å²) >= 11 is 1.60. The van der Waals surface area contributed by atoms with Gasteiger partial charge in [0.1, 0.15) is 11.4 Å². The number of azo groups is 1. The summed E-state index contributed by atoms with van der Waals surface area (Å²) in [6.07, 6.45) is 3.68. The Bertz CT molecular complexity index is 2100. The van der Waals surface area contributed by atoms with Gasteiger partial charge in [0, 0.05) is 18.0 Å². The summed E-state index contributed by atoms with van der Waals surface area (Å²) in [5, 5.41) is 13.8. The fourth-order valence-corrected chi connectivity index (χ4v) is 7.65. The Morgan fingerprint density at radius 3 is 2.31 bits per heavy atom. The first-order valence-electron chi connectivity index (χ1n) is 16.9. The molecule has 5 aromatic rings. The second-order valence-electron chi connectivity index (χ2n) is 13.2. The normalized spacial score (nSPS) is 12.9. The van der Waals surface area contributed by atoms with Crippen LogP contribution in [0.25, 0.3) is 10.2 Å². The molecule has 0 amide bonds. The summed E-state index contributed by atoms with van der Waals surface area (Å²) in [6.45, 7) is 15.5. The van der Waals surface area contributed by atoms with E-state index in [0.717, 1.165) is 56.9 Å². The molecule has 2 aromatic heterocycles. The van der Waals surface area contributed by atoms with Gasteiger partial charge in [-0.25, -0.2) is 0 Å². The van der Waals surface area contributed by atoms with E-state index in [1.165, 1.54) is 5.56 Å².